The molecule has 3 rings (SSSR count). The minimum Gasteiger partial charge on any atom is -0.334 e. The van der Waals surface area contributed by atoms with E-state index in [4.69, 9.17) is 0 Å². The van der Waals surface area contributed by atoms with Crippen LogP contribution in [0.1, 0.15) is 46.6 Å². The average Bonchev–Trinajstić information content (AvgIpc) is 3.09. The van der Waals surface area contributed by atoms with Crippen LogP contribution in [0.2, 0.25) is 0 Å². The van der Waals surface area contributed by atoms with Gasteiger partial charge in [0.05, 0.1) is 28.9 Å². The van der Waals surface area contributed by atoms with Crippen LogP contribution in [-0.2, 0) is 11.2 Å². The molecule has 2 aromatic heterocycles. The zero-order valence-corrected chi connectivity index (χ0v) is 13.2. The maximum Gasteiger partial charge on any atom is 0.228 e. The summed E-state index contributed by atoms with van der Waals surface area (Å²) < 4.78 is 0. The van der Waals surface area contributed by atoms with E-state index in [0.29, 0.717) is 6.42 Å². The molecule has 0 aromatic carbocycles. The fourth-order valence-electron chi connectivity index (χ4n) is 2.98. The van der Waals surface area contributed by atoms with Gasteiger partial charge in [0.15, 0.2) is 0 Å². The maximum absolute atomic E-state index is 12.7. The standard InChI is InChI=1S/C15H20N4OS/c1-10-14(21-11(2)17-10)9-15(20)19-8-4-3-5-13(19)12-6-7-16-18-12/h6-7,13H,3-5,8-9H2,1-2H3,(H,16,18)/t13-/m1/s1. The van der Waals surface area contributed by atoms with Crippen molar-refractivity contribution in [3.63, 3.8) is 0 Å². The second-order valence-corrected chi connectivity index (χ2v) is 6.82. The molecule has 1 fully saturated rings. The van der Waals surface area contributed by atoms with Crippen molar-refractivity contribution in [2.45, 2.75) is 45.6 Å². The number of carbonyl (C=O) groups excluding carboxylic acids is 1. The number of rotatable bonds is 3. The summed E-state index contributed by atoms with van der Waals surface area (Å²) in [6.45, 7) is 4.80. The molecule has 0 saturated carbocycles. The number of H-pyrrole nitrogens is 1. The van der Waals surface area contributed by atoms with E-state index in [1.54, 1.807) is 17.5 Å². The summed E-state index contributed by atoms with van der Waals surface area (Å²) in [6, 6.07) is 2.11. The van der Waals surface area contributed by atoms with Gasteiger partial charge in [0, 0.05) is 17.6 Å². The lowest BCUT2D eigenvalue weighted by molar-refractivity contribution is -0.134. The Morgan fingerprint density at radius 2 is 2.33 bits per heavy atom. The van der Waals surface area contributed by atoms with Crippen LogP contribution < -0.4 is 0 Å². The Hall–Kier alpha value is -1.69. The Bertz CT molecular complexity index is 620. The second kappa shape index (κ2) is 5.97. The highest BCUT2D eigenvalue weighted by molar-refractivity contribution is 7.11. The zero-order chi connectivity index (χ0) is 14.8. The predicted octanol–water partition coefficient (Wildman–Crippen LogP) is 2.78. The number of aromatic nitrogens is 3. The highest BCUT2D eigenvalue weighted by Gasteiger charge is 2.29. The van der Waals surface area contributed by atoms with E-state index in [1.807, 2.05) is 24.8 Å². The molecule has 1 aliphatic rings. The maximum atomic E-state index is 12.7. The largest absolute Gasteiger partial charge is 0.334 e. The third kappa shape index (κ3) is 3.00. The highest BCUT2D eigenvalue weighted by atomic mass is 32.1. The summed E-state index contributed by atoms with van der Waals surface area (Å²) >= 11 is 1.63. The quantitative estimate of drug-likeness (QED) is 0.948. The summed E-state index contributed by atoms with van der Waals surface area (Å²) in [6.07, 6.45) is 5.46. The van der Waals surface area contributed by atoms with Crippen LogP contribution in [0.5, 0.6) is 0 Å². The summed E-state index contributed by atoms with van der Waals surface area (Å²) in [7, 11) is 0. The number of amides is 1. The van der Waals surface area contributed by atoms with Crippen molar-refractivity contribution in [1.82, 2.24) is 20.1 Å². The van der Waals surface area contributed by atoms with Gasteiger partial charge in [-0.15, -0.1) is 11.3 Å². The van der Waals surface area contributed by atoms with Crippen molar-refractivity contribution < 1.29 is 4.79 Å². The molecular weight excluding hydrogens is 284 g/mol. The number of aryl methyl sites for hydroxylation is 2. The molecule has 112 valence electrons. The van der Waals surface area contributed by atoms with E-state index < -0.39 is 0 Å². The number of hydrogen-bond donors (Lipinski definition) is 1. The molecule has 6 heteroatoms. The van der Waals surface area contributed by atoms with Crippen LogP contribution in [0.4, 0.5) is 0 Å². The molecule has 1 saturated heterocycles. The zero-order valence-electron chi connectivity index (χ0n) is 12.4. The third-order valence-electron chi connectivity index (χ3n) is 4.02. The van der Waals surface area contributed by atoms with Crippen LogP contribution in [0.25, 0.3) is 0 Å². The van der Waals surface area contributed by atoms with E-state index in [1.165, 1.54) is 0 Å². The first-order valence-corrected chi connectivity index (χ1v) is 8.18. The summed E-state index contributed by atoms with van der Waals surface area (Å²) in [4.78, 5) is 20.2. The Labute approximate surface area is 128 Å². The SMILES string of the molecule is Cc1nc(C)c(CC(=O)N2CCCC[C@@H]2c2ccn[nH]2)s1. The molecule has 1 atom stereocenters. The van der Waals surface area contributed by atoms with Gasteiger partial charge in [-0.25, -0.2) is 4.98 Å². The lowest BCUT2D eigenvalue weighted by atomic mass is 9.99. The van der Waals surface area contributed by atoms with Crippen molar-refractivity contribution in [2.75, 3.05) is 6.54 Å². The molecule has 21 heavy (non-hydrogen) atoms. The Balaban J connectivity index is 1.77. The highest BCUT2D eigenvalue weighted by Crippen LogP contribution is 2.30. The lowest BCUT2D eigenvalue weighted by Crippen LogP contribution is -2.39. The Morgan fingerprint density at radius 1 is 1.48 bits per heavy atom. The normalized spacial score (nSPS) is 19.0. The van der Waals surface area contributed by atoms with Crippen LogP contribution in [0.3, 0.4) is 0 Å². The van der Waals surface area contributed by atoms with Crippen LogP contribution in [0, 0.1) is 13.8 Å². The van der Waals surface area contributed by atoms with Gasteiger partial charge in [-0.05, 0) is 39.2 Å². The smallest absolute Gasteiger partial charge is 0.228 e. The Morgan fingerprint density at radius 3 is 3.00 bits per heavy atom. The topological polar surface area (TPSA) is 61.9 Å². The molecule has 1 aliphatic heterocycles. The van der Waals surface area contributed by atoms with Gasteiger partial charge in [0.2, 0.25) is 5.91 Å². The summed E-state index contributed by atoms with van der Waals surface area (Å²) in [5.41, 5.74) is 2.03. The molecule has 1 amide bonds. The van der Waals surface area contributed by atoms with Gasteiger partial charge in [0.25, 0.3) is 0 Å². The van der Waals surface area contributed by atoms with Crippen molar-refractivity contribution in [2.24, 2.45) is 0 Å². The monoisotopic (exact) mass is 304 g/mol. The number of nitrogens with one attached hydrogen (secondary N) is 1. The molecule has 0 bridgehead atoms. The van der Waals surface area contributed by atoms with Gasteiger partial charge < -0.3 is 4.90 Å². The lowest BCUT2D eigenvalue weighted by Gasteiger charge is -2.35. The number of hydrogen-bond acceptors (Lipinski definition) is 4. The molecule has 0 spiro atoms. The number of piperidine rings is 1. The molecule has 0 unspecified atom stereocenters. The van der Waals surface area contributed by atoms with E-state index in [2.05, 4.69) is 15.2 Å². The van der Waals surface area contributed by atoms with E-state index >= 15 is 0 Å². The van der Waals surface area contributed by atoms with Crippen molar-refractivity contribution in [3.05, 3.63) is 33.5 Å². The molecule has 0 radical (unpaired) electrons. The van der Waals surface area contributed by atoms with E-state index in [9.17, 15) is 4.79 Å². The van der Waals surface area contributed by atoms with Gasteiger partial charge >= 0.3 is 0 Å². The molecule has 2 aromatic rings. The molecule has 3 heterocycles. The summed E-state index contributed by atoms with van der Waals surface area (Å²) in [5, 5.41) is 8.07. The van der Waals surface area contributed by atoms with Crippen molar-refractivity contribution >= 4 is 17.2 Å². The fraction of sp³-hybridized carbons (Fsp3) is 0.533. The van der Waals surface area contributed by atoms with E-state index in [-0.39, 0.29) is 11.9 Å². The summed E-state index contributed by atoms with van der Waals surface area (Å²) in [5.74, 6) is 0.195. The third-order valence-corrected chi connectivity index (χ3v) is 5.09. The Kier molecular flexibility index (Phi) is 4.05. The van der Waals surface area contributed by atoms with Crippen LogP contribution in [0.15, 0.2) is 12.3 Å². The molecule has 0 aliphatic carbocycles. The number of carbonyl (C=O) groups is 1. The first-order chi connectivity index (χ1) is 10.1. The average molecular weight is 304 g/mol. The first kappa shape index (κ1) is 14.3. The minimum absolute atomic E-state index is 0.142. The number of nitrogens with zero attached hydrogens (tertiary/aromatic N) is 3. The number of thiazole rings is 1. The van der Waals surface area contributed by atoms with Gasteiger partial charge in [-0.1, -0.05) is 0 Å². The van der Waals surface area contributed by atoms with Crippen molar-refractivity contribution in [3.8, 4) is 0 Å². The molecule has 1 N–H and O–H groups in total. The second-order valence-electron chi connectivity index (χ2n) is 5.53. The van der Waals surface area contributed by atoms with Crippen LogP contribution in [-0.4, -0.2) is 32.5 Å². The van der Waals surface area contributed by atoms with Gasteiger partial charge in [0.1, 0.15) is 0 Å². The van der Waals surface area contributed by atoms with Crippen LogP contribution >= 0.6 is 11.3 Å². The van der Waals surface area contributed by atoms with Gasteiger partial charge in [-0.3, -0.25) is 9.89 Å². The first-order valence-electron chi connectivity index (χ1n) is 7.37. The molecule has 5 nitrogen and oxygen atoms in total. The number of likely N-dealkylation sites (tertiary alicyclic amines) is 1. The van der Waals surface area contributed by atoms with Crippen molar-refractivity contribution in [1.29, 1.82) is 0 Å². The molecular formula is C15H20N4OS. The van der Waals surface area contributed by atoms with Gasteiger partial charge in [-0.2, -0.15) is 5.10 Å². The minimum atomic E-state index is 0.142. The number of aromatic amines is 1. The van der Waals surface area contributed by atoms with E-state index in [0.717, 1.165) is 47.1 Å². The fourth-order valence-corrected chi connectivity index (χ4v) is 3.91. The predicted molar refractivity (Wildman–Crippen MR) is 82.2 cm³/mol.